The smallest absolute Gasteiger partial charge is 0.143 e. The van der Waals surface area contributed by atoms with Gasteiger partial charge in [0.15, 0.2) is 0 Å². The van der Waals surface area contributed by atoms with E-state index in [-0.39, 0.29) is 0 Å². The molecule has 6 heteroatoms. The fourth-order valence-corrected chi connectivity index (χ4v) is 4.19. The zero-order valence-corrected chi connectivity index (χ0v) is 12.8. The number of pyridine rings is 1. The van der Waals surface area contributed by atoms with Gasteiger partial charge in [0.25, 0.3) is 0 Å². The van der Waals surface area contributed by atoms with Gasteiger partial charge in [-0.3, -0.25) is 4.98 Å². The molecule has 1 aliphatic heterocycles. The van der Waals surface area contributed by atoms with Crippen LogP contribution in [0.4, 0.5) is 0 Å². The van der Waals surface area contributed by atoms with Crippen LogP contribution in [0, 0.1) is 0 Å². The van der Waals surface area contributed by atoms with E-state index < -0.39 is 0 Å². The van der Waals surface area contributed by atoms with Crippen LogP contribution in [-0.4, -0.2) is 16.5 Å². The number of halogens is 2. The standard InChI is InChI=1S/C11H9Br2N3S/c12-6-3-7(13)10(15-4-6)11-16-8-1-2-14-5-9(8)17-11/h3-4,14H,1-2,5H2. The highest BCUT2D eigenvalue weighted by Gasteiger charge is 2.17. The van der Waals surface area contributed by atoms with E-state index >= 15 is 0 Å². The van der Waals surface area contributed by atoms with Crippen molar-refractivity contribution in [2.75, 3.05) is 6.54 Å². The first kappa shape index (κ1) is 11.8. The van der Waals surface area contributed by atoms with E-state index in [0.29, 0.717) is 0 Å². The molecule has 1 aliphatic rings. The van der Waals surface area contributed by atoms with Gasteiger partial charge in [-0.05, 0) is 37.9 Å². The first-order chi connectivity index (χ1) is 8.24. The second-order valence-electron chi connectivity index (χ2n) is 3.80. The Hall–Kier alpha value is -0.300. The second kappa shape index (κ2) is 4.76. The minimum Gasteiger partial charge on any atom is -0.311 e. The molecule has 2 aromatic rings. The quantitative estimate of drug-likeness (QED) is 0.831. The van der Waals surface area contributed by atoms with E-state index in [1.807, 2.05) is 6.07 Å². The number of hydrogen-bond acceptors (Lipinski definition) is 4. The molecule has 3 rings (SSSR count). The summed E-state index contributed by atoms with van der Waals surface area (Å²) < 4.78 is 1.95. The predicted octanol–water partition coefficient (Wildman–Crippen LogP) is 3.38. The van der Waals surface area contributed by atoms with Gasteiger partial charge in [0.2, 0.25) is 0 Å². The maximum atomic E-state index is 4.68. The molecule has 0 spiro atoms. The third-order valence-electron chi connectivity index (χ3n) is 2.61. The van der Waals surface area contributed by atoms with Crippen molar-refractivity contribution in [1.29, 1.82) is 0 Å². The minimum absolute atomic E-state index is 0.924. The van der Waals surface area contributed by atoms with Crippen LogP contribution in [0.5, 0.6) is 0 Å². The lowest BCUT2D eigenvalue weighted by Crippen LogP contribution is -2.22. The summed E-state index contributed by atoms with van der Waals surface area (Å²) in [5.74, 6) is 0. The molecule has 88 valence electrons. The van der Waals surface area contributed by atoms with Crippen molar-refractivity contribution < 1.29 is 0 Å². The molecule has 1 N–H and O–H groups in total. The zero-order chi connectivity index (χ0) is 11.8. The highest BCUT2D eigenvalue weighted by molar-refractivity contribution is 9.11. The van der Waals surface area contributed by atoms with Crippen LogP contribution in [0.1, 0.15) is 10.6 Å². The van der Waals surface area contributed by atoms with E-state index in [9.17, 15) is 0 Å². The molecule has 0 radical (unpaired) electrons. The molecule has 0 bridgehead atoms. The van der Waals surface area contributed by atoms with Crippen LogP contribution in [-0.2, 0) is 13.0 Å². The first-order valence-corrected chi connectivity index (χ1v) is 7.65. The monoisotopic (exact) mass is 373 g/mol. The Labute approximate surface area is 120 Å². The van der Waals surface area contributed by atoms with Crippen LogP contribution in [0.2, 0.25) is 0 Å². The SMILES string of the molecule is Brc1cnc(-c2nc3c(s2)CNCC3)c(Br)c1. The number of thiazole rings is 1. The number of hydrogen-bond donors (Lipinski definition) is 1. The van der Waals surface area contributed by atoms with Crippen molar-refractivity contribution in [2.45, 2.75) is 13.0 Å². The Morgan fingerprint density at radius 1 is 1.35 bits per heavy atom. The largest absolute Gasteiger partial charge is 0.311 e. The first-order valence-electron chi connectivity index (χ1n) is 5.25. The average molecular weight is 375 g/mol. The lowest BCUT2D eigenvalue weighted by Gasteiger charge is -2.09. The summed E-state index contributed by atoms with van der Waals surface area (Å²) in [5, 5.41) is 4.36. The minimum atomic E-state index is 0.924. The fourth-order valence-electron chi connectivity index (χ4n) is 1.80. The Bertz CT molecular complexity index is 544. The summed E-state index contributed by atoms with van der Waals surface area (Å²) in [5.41, 5.74) is 2.15. The zero-order valence-electron chi connectivity index (χ0n) is 8.83. The van der Waals surface area contributed by atoms with Crippen LogP contribution in [0.25, 0.3) is 10.7 Å². The molecular weight excluding hydrogens is 366 g/mol. The van der Waals surface area contributed by atoms with Crippen molar-refractivity contribution in [2.24, 2.45) is 0 Å². The van der Waals surface area contributed by atoms with Crippen LogP contribution in [0.15, 0.2) is 21.2 Å². The Balaban J connectivity index is 2.06. The summed E-state index contributed by atoms with van der Waals surface area (Å²) in [6.45, 7) is 1.95. The molecule has 0 atom stereocenters. The van der Waals surface area contributed by atoms with E-state index in [1.54, 1.807) is 17.5 Å². The molecule has 0 amide bonds. The lowest BCUT2D eigenvalue weighted by molar-refractivity contribution is 0.644. The van der Waals surface area contributed by atoms with E-state index in [4.69, 9.17) is 0 Å². The van der Waals surface area contributed by atoms with Crippen molar-refractivity contribution in [3.05, 3.63) is 31.8 Å². The van der Waals surface area contributed by atoms with E-state index in [1.165, 1.54) is 10.6 Å². The topological polar surface area (TPSA) is 37.8 Å². The normalized spacial score (nSPS) is 14.7. The summed E-state index contributed by atoms with van der Waals surface area (Å²) in [4.78, 5) is 10.4. The van der Waals surface area contributed by atoms with Gasteiger partial charge in [-0.15, -0.1) is 11.3 Å². The number of nitrogens with one attached hydrogen (secondary N) is 1. The highest BCUT2D eigenvalue weighted by Crippen LogP contribution is 2.33. The Kier molecular flexibility index (Phi) is 3.30. The lowest BCUT2D eigenvalue weighted by atomic mass is 10.2. The fraction of sp³-hybridized carbons (Fsp3) is 0.273. The molecule has 3 heterocycles. The molecule has 0 saturated carbocycles. The van der Waals surface area contributed by atoms with Gasteiger partial charge >= 0.3 is 0 Å². The Morgan fingerprint density at radius 3 is 3.00 bits per heavy atom. The summed E-state index contributed by atoms with van der Waals surface area (Å²) in [7, 11) is 0. The maximum absolute atomic E-state index is 4.68. The number of rotatable bonds is 1. The van der Waals surface area contributed by atoms with Gasteiger partial charge in [-0.2, -0.15) is 0 Å². The molecule has 0 aromatic carbocycles. The van der Waals surface area contributed by atoms with Gasteiger partial charge < -0.3 is 5.32 Å². The van der Waals surface area contributed by atoms with E-state index in [0.717, 1.165) is 39.2 Å². The average Bonchev–Trinajstić information content (AvgIpc) is 2.72. The number of aromatic nitrogens is 2. The number of nitrogens with zero attached hydrogens (tertiary/aromatic N) is 2. The third-order valence-corrected chi connectivity index (χ3v) is 4.76. The van der Waals surface area contributed by atoms with Crippen molar-refractivity contribution in [1.82, 2.24) is 15.3 Å². The van der Waals surface area contributed by atoms with Crippen LogP contribution < -0.4 is 5.32 Å². The molecular formula is C11H9Br2N3S. The second-order valence-corrected chi connectivity index (χ2v) is 6.65. The predicted molar refractivity (Wildman–Crippen MR) is 76.2 cm³/mol. The third kappa shape index (κ3) is 2.31. The summed E-state index contributed by atoms with van der Waals surface area (Å²) >= 11 is 8.67. The van der Waals surface area contributed by atoms with Gasteiger partial charge in [0.05, 0.1) is 5.69 Å². The van der Waals surface area contributed by atoms with Gasteiger partial charge in [0, 0.05) is 39.5 Å². The highest BCUT2D eigenvalue weighted by atomic mass is 79.9. The molecule has 0 aliphatic carbocycles. The molecule has 3 nitrogen and oxygen atoms in total. The van der Waals surface area contributed by atoms with Crippen LogP contribution in [0.3, 0.4) is 0 Å². The van der Waals surface area contributed by atoms with Crippen molar-refractivity contribution >= 4 is 43.2 Å². The van der Waals surface area contributed by atoms with Crippen molar-refractivity contribution in [3.63, 3.8) is 0 Å². The van der Waals surface area contributed by atoms with Gasteiger partial charge in [-0.1, -0.05) is 0 Å². The van der Waals surface area contributed by atoms with Gasteiger partial charge in [-0.25, -0.2) is 4.98 Å². The van der Waals surface area contributed by atoms with Crippen LogP contribution >= 0.6 is 43.2 Å². The summed E-state index contributed by atoms with van der Waals surface area (Å²) in [6.07, 6.45) is 2.82. The molecule has 0 fully saturated rings. The van der Waals surface area contributed by atoms with Gasteiger partial charge in [0.1, 0.15) is 10.7 Å². The molecule has 0 unspecified atom stereocenters. The number of fused-ring (bicyclic) bond motifs is 1. The summed E-state index contributed by atoms with van der Waals surface area (Å²) in [6, 6.07) is 2.00. The Morgan fingerprint density at radius 2 is 2.24 bits per heavy atom. The molecule has 2 aromatic heterocycles. The maximum Gasteiger partial charge on any atom is 0.143 e. The molecule has 17 heavy (non-hydrogen) atoms. The van der Waals surface area contributed by atoms with E-state index in [2.05, 4.69) is 47.1 Å². The molecule has 0 saturated heterocycles. The van der Waals surface area contributed by atoms with Crippen molar-refractivity contribution in [3.8, 4) is 10.7 Å².